The molecular weight excluding hydrogens is 528 g/mol. The van der Waals surface area contributed by atoms with Crippen LogP contribution in [0.4, 0.5) is 11.4 Å². The molecule has 1 saturated heterocycles. The molecule has 0 saturated carbocycles. The van der Waals surface area contributed by atoms with E-state index in [2.05, 4.69) is 5.32 Å². The zero-order valence-corrected chi connectivity index (χ0v) is 22.6. The van der Waals surface area contributed by atoms with Gasteiger partial charge in [-0.05, 0) is 78.7 Å². The summed E-state index contributed by atoms with van der Waals surface area (Å²) in [6.07, 6.45) is 1.77. The summed E-state index contributed by atoms with van der Waals surface area (Å²) in [6, 6.07) is 31.5. The number of thioether (sulfide) groups is 1. The van der Waals surface area contributed by atoms with E-state index in [9.17, 15) is 9.59 Å². The maximum absolute atomic E-state index is 13.2. The smallest absolute Gasteiger partial charge is 0.270 e. The minimum Gasteiger partial charge on any atom is -0.484 e. The van der Waals surface area contributed by atoms with Crippen molar-refractivity contribution in [3.63, 3.8) is 0 Å². The molecule has 0 spiro atoms. The Kier molecular flexibility index (Phi) is 8.05. The van der Waals surface area contributed by atoms with Gasteiger partial charge < -0.3 is 14.8 Å². The first kappa shape index (κ1) is 26.2. The quantitative estimate of drug-likeness (QED) is 0.184. The van der Waals surface area contributed by atoms with E-state index < -0.39 is 0 Å². The van der Waals surface area contributed by atoms with Crippen molar-refractivity contribution >= 4 is 57.6 Å². The summed E-state index contributed by atoms with van der Waals surface area (Å²) in [5, 5.41) is 2.85. The van der Waals surface area contributed by atoms with Crippen LogP contribution in [0.25, 0.3) is 6.08 Å². The fourth-order valence-corrected chi connectivity index (χ4v) is 5.17. The minimum atomic E-state index is -0.254. The minimum absolute atomic E-state index is 0.135. The number of anilines is 2. The number of ether oxygens (including phenoxy) is 2. The van der Waals surface area contributed by atoms with Crippen molar-refractivity contribution in [3.05, 3.63) is 119 Å². The zero-order chi connectivity index (χ0) is 27.2. The average molecular weight is 553 g/mol. The monoisotopic (exact) mass is 552 g/mol. The standard InChI is InChI=1S/C31H24N2O4S2/c1-21-8-5-6-13-27(21)32-29(34)20-36-26-12-7-9-22(18-26)19-28-30(35)33(31(38)39-28)23-14-16-25(17-15-23)37-24-10-3-2-4-11-24/h2-19H,20H2,1H3,(H,32,34)/b28-19-. The topological polar surface area (TPSA) is 67.9 Å². The maximum atomic E-state index is 13.2. The third kappa shape index (κ3) is 6.54. The SMILES string of the molecule is Cc1ccccc1NC(=O)COc1cccc(/C=C2\SC(=S)N(c3ccc(Oc4ccccc4)cc3)C2=O)c1. The number of nitrogens with one attached hydrogen (secondary N) is 1. The highest BCUT2D eigenvalue weighted by molar-refractivity contribution is 8.27. The Hall–Kier alpha value is -4.40. The van der Waals surface area contributed by atoms with Crippen LogP contribution in [0.3, 0.4) is 0 Å². The zero-order valence-electron chi connectivity index (χ0n) is 21.0. The van der Waals surface area contributed by atoms with Gasteiger partial charge in [-0.1, -0.05) is 72.5 Å². The van der Waals surface area contributed by atoms with Gasteiger partial charge in [-0.25, -0.2) is 0 Å². The van der Waals surface area contributed by atoms with Crippen molar-refractivity contribution in [1.29, 1.82) is 0 Å². The highest BCUT2D eigenvalue weighted by Crippen LogP contribution is 2.37. The van der Waals surface area contributed by atoms with Crippen LogP contribution >= 0.6 is 24.0 Å². The summed E-state index contributed by atoms with van der Waals surface area (Å²) in [4.78, 5) is 27.6. The molecule has 5 rings (SSSR count). The van der Waals surface area contributed by atoms with E-state index in [-0.39, 0.29) is 18.4 Å². The van der Waals surface area contributed by atoms with Crippen molar-refractivity contribution in [2.45, 2.75) is 6.92 Å². The maximum Gasteiger partial charge on any atom is 0.270 e. The predicted molar refractivity (Wildman–Crippen MR) is 160 cm³/mol. The summed E-state index contributed by atoms with van der Waals surface area (Å²) < 4.78 is 12.0. The van der Waals surface area contributed by atoms with Gasteiger partial charge in [-0.3, -0.25) is 14.5 Å². The molecule has 1 heterocycles. The van der Waals surface area contributed by atoms with Gasteiger partial charge in [0.15, 0.2) is 10.9 Å². The van der Waals surface area contributed by atoms with E-state index in [0.29, 0.717) is 26.4 Å². The van der Waals surface area contributed by atoms with Crippen LogP contribution < -0.4 is 19.7 Å². The molecule has 0 bridgehead atoms. The number of carbonyl (C=O) groups is 2. The molecule has 1 N–H and O–H groups in total. The lowest BCUT2D eigenvalue weighted by Gasteiger charge is -2.15. The predicted octanol–water partition coefficient (Wildman–Crippen LogP) is 7.21. The summed E-state index contributed by atoms with van der Waals surface area (Å²) >= 11 is 6.75. The molecule has 2 amide bonds. The molecule has 0 aliphatic carbocycles. The molecule has 39 heavy (non-hydrogen) atoms. The summed E-state index contributed by atoms with van der Waals surface area (Å²) in [5.41, 5.74) is 3.15. The van der Waals surface area contributed by atoms with Gasteiger partial charge in [0, 0.05) is 5.69 Å². The molecule has 0 radical (unpaired) electrons. The Morgan fingerprint density at radius 2 is 1.59 bits per heavy atom. The van der Waals surface area contributed by atoms with Crippen LogP contribution in [-0.2, 0) is 9.59 Å². The van der Waals surface area contributed by atoms with E-state index in [1.165, 1.54) is 16.7 Å². The average Bonchev–Trinajstić information content (AvgIpc) is 3.22. The molecule has 0 aromatic heterocycles. The molecule has 194 valence electrons. The second kappa shape index (κ2) is 12.0. The Bertz CT molecular complexity index is 1550. The van der Waals surface area contributed by atoms with Crippen LogP contribution in [0.1, 0.15) is 11.1 Å². The van der Waals surface area contributed by atoms with E-state index in [1.807, 2.05) is 85.8 Å². The number of rotatable bonds is 8. The third-order valence-corrected chi connectivity index (χ3v) is 7.11. The first-order chi connectivity index (χ1) is 19.0. The number of benzene rings is 4. The van der Waals surface area contributed by atoms with Gasteiger partial charge in [-0.2, -0.15) is 0 Å². The van der Waals surface area contributed by atoms with Crippen molar-refractivity contribution < 1.29 is 19.1 Å². The molecule has 0 atom stereocenters. The molecule has 1 aliphatic rings. The van der Waals surface area contributed by atoms with E-state index in [4.69, 9.17) is 21.7 Å². The highest BCUT2D eigenvalue weighted by atomic mass is 32.2. The largest absolute Gasteiger partial charge is 0.484 e. The first-order valence-corrected chi connectivity index (χ1v) is 13.4. The van der Waals surface area contributed by atoms with Gasteiger partial charge in [0.05, 0.1) is 10.6 Å². The Balaban J connectivity index is 1.23. The van der Waals surface area contributed by atoms with Gasteiger partial charge >= 0.3 is 0 Å². The molecule has 0 unspecified atom stereocenters. The van der Waals surface area contributed by atoms with Crippen LogP contribution in [0, 0.1) is 6.92 Å². The Morgan fingerprint density at radius 3 is 2.36 bits per heavy atom. The van der Waals surface area contributed by atoms with Crippen molar-refractivity contribution in [2.24, 2.45) is 0 Å². The number of amides is 2. The Morgan fingerprint density at radius 1 is 0.897 bits per heavy atom. The fourth-order valence-electron chi connectivity index (χ4n) is 3.87. The van der Waals surface area contributed by atoms with Gasteiger partial charge in [0.2, 0.25) is 0 Å². The second-order valence-electron chi connectivity index (χ2n) is 8.65. The first-order valence-electron chi connectivity index (χ1n) is 12.2. The molecule has 8 heteroatoms. The van der Waals surface area contributed by atoms with Crippen LogP contribution in [0.15, 0.2) is 108 Å². The molecule has 6 nitrogen and oxygen atoms in total. The number of nitrogens with zero attached hydrogens (tertiary/aromatic N) is 1. The lowest BCUT2D eigenvalue weighted by Crippen LogP contribution is -2.27. The lowest BCUT2D eigenvalue weighted by molar-refractivity contribution is -0.118. The van der Waals surface area contributed by atoms with Gasteiger partial charge in [-0.15, -0.1) is 0 Å². The van der Waals surface area contributed by atoms with Crippen molar-refractivity contribution in [1.82, 2.24) is 0 Å². The molecule has 4 aromatic rings. The third-order valence-electron chi connectivity index (χ3n) is 5.81. The second-order valence-corrected chi connectivity index (χ2v) is 10.3. The number of hydrogen-bond acceptors (Lipinski definition) is 6. The summed E-state index contributed by atoms with van der Waals surface area (Å²) in [7, 11) is 0. The molecular formula is C31H24N2O4S2. The van der Waals surface area contributed by atoms with Crippen molar-refractivity contribution in [3.8, 4) is 17.2 Å². The van der Waals surface area contributed by atoms with E-state index in [1.54, 1.807) is 30.3 Å². The number of hydrogen-bond donors (Lipinski definition) is 1. The summed E-state index contributed by atoms with van der Waals surface area (Å²) in [5.74, 6) is 1.46. The number of aryl methyl sites for hydroxylation is 1. The molecule has 4 aromatic carbocycles. The van der Waals surface area contributed by atoms with Gasteiger partial charge in [0.25, 0.3) is 11.8 Å². The number of thiocarbonyl (C=S) groups is 1. The van der Waals surface area contributed by atoms with Crippen molar-refractivity contribution in [2.75, 3.05) is 16.8 Å². The van der Waals surface area contributed by atoms with Crippen LogP contribution in [-0.4, -0.2) is 22.7 Å². The lowest BCUT2D eigenvalue weighted by atomic mass is 10.2. The molecule has 1 fully saturated rings. The Labute approximate surface area is 236 Å². The van der Waals surface area contributed by atoms with E-state index in [0.717, 1.165) is 22.6 Å². The fraction of sp³-hybridized carbons (Fsp3) is 0.0645. The molecule has 1 aliphatic heterocycles. The number of para-hydroxylation sites is 2. The number of carbonyl (C=O) groups excluding carboxylic acids is 2. The van der Waals surface area contributed by atoms with Gasteiger partial charge in [0.1, 0.15) is 17.2 Å². The normalized spacial score (nSPS) is 14.0. The van der Waals surface area contributed by atoms with E-state index >= 15 is 0 Å². The highest BCUT2D eigenvalue weighted by Gasteiger charge is 2.33. The van der Waals surface area contributed by atoms with Crippen LogP contribution in [0.2, 0.25) is 0 Å². The summed E-state index contributed by atoms with van der Waals surface area (Å²) in [6.45, 7) is 1.79. The van der Waals surface area contributed by atoms with Crippen LogP contribution in [0.5, 0.6) is 17.2 Å².